The van der Waals surface area contributed by atoms with Crippen molar-refractivity contribution < 1.29 is 14.5 Å². The van der Waals surface area contributed by atoms with E-state index in [-0.39, 0.29) is 24.0 Å². The standard InChI is InChI=1S/C18H22N4O4S/c1-12(2)8-9-21(11-16(23)20-18-19-10-13(3)27-18)17(24)14-4-6-15(7-5-14)22(25)26/h4-7,10,12H,8-9,11H2,1-3H3,(H,19,20,23). The number of nitrogens with zero attached hydrogens (tertiary/aromatic N) is 3. The highest BCUT2D eigenvalue weighted by Gasteiger charge is 2.20. The van der Waals surface area contributed by atoms with E-state index in [1.165, 1.54) is 40.5 Å². The summed E-state index contributed by atoms with van der Waals surface area (Å²) in [6.45, 7) is 6.26. The summed E-state index contributed by atoms with van der Waals surface area (Å²) in [4.78, 5) is 41.9. The highest BCUT2D eigenvalue weighted by atomic mass is 32.1. The Balaban J connectivity index is 2.10. The molecule has 0 radical (unpaired) electrons. The van der Waals surface area contributed by atoms with Crippen molar-refractivity contribution in [2.45, 2.75) is 27.2 Å². The molecule has 0 atom stereocenters. The summed E-state index contributed by atoms with van der Waals surface area (Å²) >= 11 is 1.36. The van der Waals surface area contributed by atoms with Gasteiger partial charge in [0, 0.05) is 35.3 Å². The lowest BCUT2D eigenvalue weighted by Gasteiger charge is -2.23. The van der Waals surface area contributed by atoms with Gasteiger partial charge < -0.3 is 10.2 Å². The number of carbonyl (C=O) groups excluding carboxylic acids is 2. The van der Waals surface area contributed by atoms with Crippen molar-refractivity contribution in [1.82, 2.24) is 9.88 Å². The SMILES string of the molecule is Cc1cnc(NC(=O)CN(CCC(C)C)C(=O)c2ccc([N+](=O)[O-])cc2)s1. The molecule has 1 N–H and O–H groups in total. The van der Waals surface area contributed by atoms with Gasteiger partial charge in [-0.25, -0.2) is 4.98 Å². The predicted molar refractivity (Wildman–Crippen MR) is 104 cm³/mol. The zero-order valence-electron chi connectivity index (χ0n) is 15.5. The lowest BCUT2D eigenvalue weighted by molar-refractivity contribution is -0.384. The van der Waals surface area contributed by atoms with Crippen LogP contribution in [0.1, 0.15) is 35.5 Å². The molecule has 0 aliphatic carbocycles. The number of hydrogen-bond acceptors (Lipinski definition) is 6. The van der Waals surface area contributed by atoms with Crippen LogP contribution in [0.5, 0.6) is 0 Å². The van der Waals surface area contributed by atoms with E-state index >= 15 is 0 Å². The summed E-state index contributed by atoms with van der Waals surface area (Å²) in [5, 5.41) is 14.0. The van der Waals surface area contributed by atoms with Crippen LogP contribution in [-0.2, 0) is 4.79 Å². The number of nitro groups is 1. The van der Waals surface area contributed by atoms with Crippen LogP contribution in [0.25, 0.3) is 0 Å². The van der Waals surface area contributed by atoms with E-state index in [0.29, 0.717) is 23.2 Å². The highest BCUT2D eigenvalue weighted by Crippen LogP contribution is 2.17. The number of hydrogen-bond donors (Lipinski definition) is 1. The van der Waals surface area contributed by atoms with Crippen LogP contribution in [0.15, 0.2) is 30.5 Å². The molecule has 0 fully saturated rings. The molecule has 144 valence electrons. The largest absolute Gasteiger partial charge is 0.329 e. The van der Waals surface area contributed by atoms with E-state index in [1.54, 1.807) is 6.20 Å². The van der Waals surface area contributed by atoms with Crippen molar-refractivity contribution in [2.24, 2.45) is 5.92 Å². The number of non-ortho nitro benzene ring substituents is 1. The third kappa shape index (κ3) is 6.14. The molecule has 0 unspecified atom stereocenters. The Hall–Kier alpha value is -2.81. The monoisotopic (exact) mass is 390 g/mol. The zero-order valence-corrected chi connectivity index (χ0v) is 16.3. The maximum atomic E-state index is 12.8. The molecule has 1 aromatic carbocycles. The number of anilines is 1. The van der Waals surface area contributed by atoms with Gasteiger partial charge in [0.05, 0.1) is 4.92 Å². The van der Waals surface area contributed by atoms with Crippen molar-refractivity contribution in [3.63, 3.8) is 0 Å². The van der Waals surface area contributed by atoms with Gasteiger partial charge >= 0.3 is 0 Å². The number of aryl methyl sites for hydroxylation is 1. The van der Waals surface area contributed by atoms with Crippen LogP contribution in [0.4, 0.5) is 10.8 Å². The van der Waals surface area contributed by atoms with Gasteiger partial charge in [-0.05, 0) is 31.4 Å². The van der Waals surface area contributed by atoms with E-state index in [9.17, 15) is 19.7 Å². The molecule has 0 aliphatic heterocycles. The van der Waals surface area contributed by atoms with Gasteiger partial charge in [-0.1, -0.05) is 13.8 Å². The van der Waals surface area contributed by atoms with Crippen LogP contribution >= 0.6 is 11.3 Å². The minimum Gasteiger partial charge on any atom is -0.329 e. The molecule has 0 spiro atoms. The van der Waals surface area contributed by atoms with Crippen molar-refractivity contribution in [3.8, 4) is 0 Å². The third-order valence-corrected chi connectivity index (χ3v) is 4.62. The molecular formula is C18H22N4O4S. The fraction of sp³-hybridized carbons (Fsp3) is 0.389. The smallest absolute Gasteiger partial charge is 0.269 e. The first-order valence-corrected chi connectivity index (χ1v) is 9.34. The summed E-state index contributed by atoms with van der Waals surface area (Å²) in [5.41, 5.74) is 0.222. The molecule has 2 amide bonds. The normalized spacial score (nSPS) is 10.7. The zero-order chi connectivity index (χ0) is 20.0. The van der Waals surface area contributed by atoms with Gasteiger partial charge in [0.1, 0.15) is 6.54 Å². The maximum Gasteiger partial charge on any atom is 0.269 e. The average Bonchev–Trinajstić information content (AvgIpc) is 3.02. The van der Waals surface area contributed by atoms with Gasteiger partial charge in [0.2, 0.25) is 5.91 Å². The number of nitro benzene ring substituents is 1. The number of aromatic nitrogens is 1. The Morgan fingerprint density at radius 3 is 2.48 bits per heavy atom. The first-order valence-electron chi connectivity index (χ1n) is 8.52. The number of thiazole rings is 1. The van der Waals surface area contributed by atoms with Crippen LogP contribution in [0.3, 0.4) is 0 Å². The molecule has 1 heterocycles. The fourth-order valence-corrected chi connectivity index (χ4v) is 3.00. The molecule has 1 aromatic heterocycles. The predicted octanol–water partition coefficient (Wildman–Crippen LogP) is 3.49. The number of rotatable bonds is 8. The Morgan fingerprint density at radius 2 is 1.96 bits per heavy atom. The molecular weight excluding hydrogens is 368 g/mol. The second-order valence-corrected chi connectivity index (χ2v) is 7.77. The van der Waals surface area contributed by atoms with Gasteiger partial charge in [-0.3, -0.25) is 19.7 Å². The van der Waals surface area contributed by atoms with Crippen molar-refractivity contribution in [1.29, 1.82) is 0 Å². The summed E-state index contributed by atoms with van der Waals surface area (Å²) in [5.74, 6) is -0.304. The second kappa shape index (κ2) is 9.22. The van der Waals surface area contributed by atoms with E-state index in [4.69, 9.17) is 0 Å². The van der Waals surface area contributed by atoms with Crippen molar-refractivity contribution in [2.75, 3.05) is 18.4 Å². The van der Waals surface area contributed by atoms with Crippen molar-refractivity contribution in [3.05, 3.63) is 51.0 Å². The van der Waals surface area contributed by atoms with Gasteiger partial charge in [-0.2, -0.15) is 0 Å². The lowest BCUT2D eigenvalue weighted by atomic mass is 10.1. The summed E-state index contributed by atoms with van der Waals surface area (Å²) in [6, 6.07) is 5.38. The molecule has 27 heavy (non-hydrogen) atoms. The number of amides is 2. The van der Waals surface area contributed by atoms with Crippen LogP contribution < -0.4 is 5.32 Å². The molecule has 0 saturated heterocycles. The molecule has 0 aliphatic rings. The Morgan fingerprint density at radius 1 is 1.30 bits per heavy atom. The second-order valence-electron chi connectivity index (χ2n) is 6.54. The number of benzene rings is 1. The highest BCUT2D eigenvalue weighted by molar-refractivity contribution is 7.15. The van der Waals surface area contributed by atoms with Gasteiger partial charge in [-0.15, -0.1) is 11.3 Å². The summed E-state index contributed by atoms with van der Waals surface area (Å²) in [6.07, 6.45) is 2.40. The van der Waals surface area contributed by atoms with E-state index in [2.05, 4.69) is 10.3 Å². The van der Waals surface area contributed by atoms with Gasteiger partial charge in [0.25, 0.3) is 11.6 Å². The molecule has 2 aromatic rings. The van der Waals surface area contributed by atoms with Crippen LogP contribution in [-0.4, -0.2) is 39.7 Å². The molecule has 9 heteroatoms. The summed E-state index contributed by atoms with van der Waals surface area (Å²) < 4.78 is 0. The minimum absolute atomic E-state index is 0.0860. The topological polar surface area (TPSA) is 105 Å². The molecule has 0 saturated carbocycles. The van der Waals surface area contributed by atoms with E-state index < -0.39 is 4.92 Å². The third-order valence-electron chi connectivity index (χ3n) is 3.79. The molecule has 8 nitrogen and oxygen atoms in total. The maximum absolute atomic E-state index is 12.8. The molecule has 2 rings (SSSR count). The first kappa shape index (κ1) is 20.5. The van der Waals surface area contributed by atoms with Crippen LogP contribution in [0.2, 0.25) is 0 Å². The lowest BCUT2D eigenvalue weighted by Crippen LogP contribution is -2.39. The van der Waals surface area contributed by atoms with Gasteiger partial charge in [0.15, 0.2) is 5.13 Å². The Labute approximate surface area is 161 Å². The van der Waals surface area contributed by atoms with E-state index in [1.807, 2.05) is 20.8 Å². The molecule has 0 bridgehead atoms. The Kier molecular flexibility index (Phi) is 7.00. The summed E-state index contributed by atoms with van der Waals surface area (Å²) in [7, 11) is 0. The first-order chi connectivity index (χ1) is 12.8. The average molecular weight is 390 g/mol. The fourth-order valence-electron chi connectivity index (χ4n) is 2.32. The van der Waals surface area contributed by atoms with E-state index in [0.717, 1.165) is 11.3 Å². The van der Waals surface area contributed by atoms with Crippen LogP contribution in [0, 0.1) is 23.0 Å². The number of nitrogens with one attached hydrogen (secondary N) is 1. The van der Waals surface area contributed by atoms with Crippen molar-refractivity contribution >= 4 is 34.0 Å². The quantitative estimate of drug-likeness (QED) is 0.549. The minimum atomic E-state index is -0.520. The number of carbonyl (C=O) groups is 2. The Bertz CT molecular complexity index is 817.